The Hall–Kier alpha value is -3.45. The number of anilines is 1. The lowest BCUT2D eigenvalue weighted by atomic mass is 10.0. The zero-order valence-corrected chi connectivity index (χ0v) is 18.9. The summed E-state index contributed by atoms with van der Waals surface area (Å²) in [7, 11) is 1.89. The number of pyridine rings is 1. The van der Waals surface area contributed by atoms with Gasteiger partial charge in [0.25, 0.3) is 5.56 Å². The number of aromatic amines is 1. The molecule has 0 saturated carbocycles. The van der Waals surface area contributed by atoms with Crippen molar-refractivity contribution < 1.29 is 0 Å². The minimum absolute atomic E-state index is 0.123. The van der Waals surface area contributed by atoms with Crippen molar-refractivity contribution in [2.75, 3.05) is 18.0 Å². The molecule has 7 nitrogen and oxygen atoms in total. The van der Waals surface area contributed by atoms with Crippen molar-refractivity contribution in [3.05, 3.63) is 64.7 Å². The molecule has 1 aromatic carbocycles. The third-order valence-corrected chi connectivity index (χ3v) is 6.18. The lowest BCUT2D eigenvalue weighted by Crippen LogP contribution is -2.54. The Morgan fingerprint density at radius 3 is 2.41 bits per heavy atom. The first-order chi connectivity index (χ1) is 15.4. The van der Waals surface area contributed by atoms with Crippen molar-refractivity contribution in [3.63, 3.8) is 0 Å². The maximum Gasteiger partial charge on any atom is 0.260 e. The van der Waals surface area contributed by atoms with E-state index >= 15 is 0 Å². The smallest absolute Gasteiger partial charge is 0.260 e. The molecular formula is C25H28N6O. The molecule has 2 atom stereocenters. The lowest BCUT2D eigenvalue weighted by molar-refractivity contribution is 0.405. The van der Waals surface area contributed by atoms with Crippen LogP contribution in [0.2, 0.25) is 0 Å². The van der Waals surface area contributed by atoms with E-state index in [-0.39, 0.29) is 5.56 Å². The van der Waals surface area contributed by atoms with Crippen molar-refractivity contribution in [1.29, 1.82) is 0 Å². The van der Waals surface area contributed by atoms with Gasteiger partial charge in [-0.15, -0.1) is 0 Å². The third-order valence-electron chi connectivity index (χ3n) is 6.18. The van der Waals surface area contributed by atoms with Crippen LogP contribution in [0, 0.1) is 6.92 Å². The van der Waals surface area contributed by atoms with E-state index in [0.717, 1.165) is 35.6 Å². The number of hydrogen-bond acceptors (Lipinski definition) is 5. The lowest BCUT2D eigenvalue weighted by Gasteiger charge is -2.37. The highest BCUT2D eigenvalue weighted by molar-refractivity contribution is 5.78. The largest absolute Gasteiger partial charge is 0.354 e. The number of fused-ring (bicyclic) bond motifs is 1. The summed E-state index contributed by atoms with van der Waals surface area (Å²) in [6.45, 7) is 8.47. The van der Waals surface area contributed by atoms with Crippen LogP contribution in [0.15, 0.2) is 53.6 Å². The Morgan fingerprint density at radius 2 is 1.72 bits per heavy atom. The van der Waals surface area contributed by atoms with Crippen LogP contribution >= 0.6 is 0 Å². The molecule has 2 unspecified atom stereocenters. The van der Waals surface area contributed by atoms with E-state index in [9.17, 15) is 4.79 Å². The SMILES string of the molecule is Cc1cc(N2CC(C)NC(C)C2)ncc1-c1ccc(-c2nc3c(ccn3C)c(=O)[nH]2)cc1. The fourth-order valence-corrected chi connectivity index (χ4v) is 4.62. The maximum absolute atomic E-state index is 12.4. The van der Waals surface area contributed by atoms with Gasteiger partial charge in [0.1, 0.15) is 17.3 Å². The van der Waals surface area contributed by atoms with E-state index in [0.29, 0.717) is 28.9 Å². The van der Waals surface area contributed by atoms with Crippen LogP contribution in [-0.2, 0) is 7.05 Å². The first-order valence-electron chi connectivity index (χ1n) is 11.0. The summed E-state index contributed by atoms with van der Waals surface area (Å²) in [5.41, 5.74) is 4.82. The van der Waals surface area contributed by atoms with E-state index < -0.39 is 0 Å². The molecule has 0 aliphatic carbocycles. The molecule has 0 amide bonds. The van der Waals surface area contributed by atoms with Gasteiger partial charge in [-0.3, -0.25) is 4.79 Å². The van der Waals surface area contributed by atoms with Crippen molar-refractivity contribution in [1.82, 2.24) is 24.8 Å². The van der Waals surface area contributed by atoms with Gasteiger partial charge in [-0.1, -0.05) is 24.3 Å². The first-order valence-corrected chi connectivity index (χ1v) is 11.0. The summed E-state index contributed by atoms with van der Waals surface area (Å²) in [5, 5.41) is 4.17. The molecule has 0 radical (unpaired) electrons. The number of benzene rings is 1. The number of hydrogen-bond donors (Lipinski definition) is 2. The second kappa shape index (κ2) is 7.91. The Bertz CT molecular complexity index is 1330. The molecular weight excluding hydrogens is 400 g/mol. The standard InChI is InChI=1S/C25H28N6O/c1-15-11-22(31-13-16(2)27-17(3)14-31)26-12-21(15)18-5-7-19(8-6-18)23-28-24-20(25(32)29-23)9-10-30(24)4/h5-12,16-17,27H,13-14H2,1-4H3,(H,28,29,32). The number of nitrogens with zero attached hydrogens (tertiary/aromatic N) is 4. The van der Waals surface area contributed by atoms with Crippen LogP contribution in [0.1, 0.15) is 19.4 Å². The highest BCUT2D eigenvalue weighted by Crippen LogP contribution is 2.28. The zero-order valence-electron chi connectivity index (χ0n) is 18.9. The summed E-state index contributed by atoms with van der Waals surface area (Å²) in [6, 6.07) is 13.0. The topological polar surface area (TPSA) is 78.8 Å². The summed E-state index contributed by atoms with van der Waals surface area (Å²) in [4.78, 5) is 27.1. The van der Waals surface area contributed by atoms with Gasteiger partial charge >= 0.3 is 0 Å². The molecule has 4 heterocycles. The average molecular weight is 429 g/mol. The number of aromatic nitrogens is 4. The van der Waals surface area contributed by atoms with Crippen LogP contribution in [0.25, 0.3) is 33.5 Å². The Kier molecular flexibility index (Phi) is 5.06. The molecule has 0 spiro atoms. The average Bonchev–Trinajstić information content (AvgIpc) is 3.14. The molecule has 5 rings (SSSR count). The van der Waals surface area contributed by atoms with Crippen molar-refractivity contribution in [2.45, 2.75) is 32.9 Å². The quantitative estimate of drug-likeness (QED) is 0.522. The van der Waals surface area contributed by atoms with Gasteiger partial charge in [-0.25, -0.2) is 9.97 Å². The minimum Gasteiger partial charge on any atom is -0.354 e. The fraction of sp³-hybridized carbons (Fsp3) is 0.320. The van der Waals surface area contributed by atoms with Gasteiger partial charge in [0, 0.05) is 55.7 Å². The van der Waals surface area contributed by atoms with E-state index in [1.165, 1.54) is 5.56 Å². The molecule has 2 N–H and O–H groups in total. The monoisotopic (exact) mass is 428 g/mol. The Balaban J connectivity index is 1.43. The second-order valence-corrected chi connectivity index (χ2v) is 8.89. The number of nitrogens with one attached hydrogen (secondary N) is 2. The number of rotatable bonds is 3. The number of aryl methyl sites for hydroxylation is 2. The first kappa shape index (κ1) is 20.5. The van der Waals surface area contributed by atoms with Crippen LogP contribution in [-0.4, -0.2) is 44.7 Å². The Morgan fingerprint density at radius 1 is 1.03 bits per heavy atom. The highest BCUT2D eigenvalue weighted by Gasteiger charge is 2.22. The highest BCUT2D eigenvalue weighted by atomic mass is 16.1. The molecule has 1 aliphatic heterocycles. The van der Waals surface area contributed by atoms with Crippen LogP contribution in [0.5, 0.6) is 0 Å². The molecule has 0 bridgehead atoms. The predicted octanol–water partition coefficient (Wildman–Crippen LogP) is 3.49. The molecule has 7 heteroatoms. The van der Waals surface area contributed by atoms with Crippen molar-refractivity contribution in [3.8, 4) is 22.5 Å². The van der Waals surface area contributed by atoms with Gasteiger partial charge in [-0.2, -0.15) is 0 Å². The van der Waals surface area contributed by atoms with Crippen molar-refractivity contribution >= 4 is 16.9 Å². The molecule has 4 aromatic rings. The fourth-order valence-electron chi connectivity index (χ4n) is 4.62. The molecule has 1 fully saturated rings. The summed E-state index contributed by atoms with van der Waals surface area (Å²) in [6.07, 6.45) is 3.81. The van der Waals surface area contributed by atoms with Crippen LogP contribution in [0.4, 0.5) is 5.82 Å². The zero-order chi connectivity index (χ0) is 22.4. The minimum atomic E-state index is -0.123. The predicted molar refractivity (Wildman–Crippen MR) is 129 cm³/mol. The third kappa shape index (κ3) is 3.69. The maximum atomic E-state index is 12.4. The van der Waals surface area contributed by atoms with E-state index in [1.807, 2.05) is 36.1 Å². The normalized spacial score (nSPS) is 18.9. The van der Waals surface area contributed by atoms with Crippen molar-refractivity contribution in [2.24, 2.45) is 7.05 Å². The van der Waals surface area contributed by atoms with E-state index in [4.69, 9.17) is 4.98 Å². The molecule has 164 valence electrons. The molecule has 3 aromatic heterocycles. The van der Waals surface area contributed by atoms with E-state index in [2.05, 4.69) is 59.2 Å². The summed E-state index contributed by atoms with van der Waals surface area (Å²) >= 11 is 0. The van der Waals surface area contributed by atoms with Crippen LogP contribution < -0.4 is 15.8 Å². The van der Waals surface area contributed by atoms with Gasteiger partial charge in [0.05, 0.1) is 5.39 Å². The molecule has 32 heavy (non-hydrogen) atoms. The van der Waals surface area contributed by atoms with Gasteiger partial charge < -0.3 is 19.8 Å². The summed E-state index contributed by atoms with van der Waals surface area (Å²) in [5.74, 6) is 1.60. The number of piperazine rings is 1. The van der Waals surface area contributed by atoms with Gasteiger partial charge in [0.2, 0.25) is 0 Å². The second-order valence-electron chi connectivity index (χ2n) is 8.89. The van der Waals surface area contributed by atoms with Crippen LogP contribution in [0.3, 0.4) is 0 Å². The van der Waals surface area contributed by atoms with Gasteiger partial charge in [-0.05, 0) is 44.0 Å². The van der Waals surface area contributed by atoms with E-state index in [1.54, 1.807) is 6.07 Å². The van der Waals surface area contributed by atoms with Gasteiger partial charge in [0.15, 0.2) is 0 Å². The Labute approximate surface area is 187 Å². The number of H-pyrrole nitrogens is 1. The molecule has 1 aliphatic rings. The molecule has 1 saturated heterocycles. The summed E-state index contributed by atoms with van der Waals surface area (Å²) < 4.78 is 1.86.